The van der Waals surface area contributed by atoms with E-state index in [1.165, 1.54) is 29.5 Å². The summed E-state index contributed by atoms with van der Waals surface area (Å²) in [5.41, 5.74) is 0.222. The van der Waals surface area contributed by atoms with E-state index in [9.17, 15) is 19.1 Å². The van der Waals surface area contributed by atoms with Crippen LogP contribution in [-0.2, 0) is 4.79 Å². The standard InChI is InChI=1S/C17H20FNO3S/c18-13-8-4-7-12(9-13)15(20)19-14(17(21)22)10-23-16(19)11-5-2-1-3-6-11/h4,7-9,11,14,16H,1-3,5-6,10H2,(H,21,22)/t14-,16+/m1/s1. The van der Waals surface area contributed by atoms with Gasteiger partial charge in [-0.25, -0.2) is 9.18 Å². The fraction of sp³-hybridized carbons (Fsp3) is 0.529. The first-order valence-electron chi connectivity index (χ1n) is 8.00. The van der Waals surface area contributed by atoms with E-state index in [1.807, 2.05) is 0 Å². The van der Waals surface area contributed by atoms with Crippen molar-refractivity contribution in [2.45, 2.75) is 43.5 Å². The Kier molecular flexibility index (Phi) is 4.90. The lowest BCUT2D eigenvalue weighted by atomic mass is 9.88. The van der Waals surface area contributed by atoms with Gasteiger partial charge < -0.3 is 10.0 Å². The summed E-state index contributed by atoms with van der Waals surface area (Å²) in [5, 5.41) is 9.35. The minimum Gasteiger partial charge on any atom is -0.480 e. The van der Waals surface area contributed by atoms with E-state index in [1.54, 1.807) is 17.8 Å². The molecule has 1 heterocycles. The Hall–Kier alpha value is -1.56. The molecule has 1 saturated heterocycles. The second-order valence-corrected chi connectivity index (χ2v) is 7.35. The molecule has 2 aliphatic rings. The van der Waals surface area contributed by atoms with Crippen LogP contribution in [0.1, 0.15) is 42.5 Å². The molecule has 2 atom stereocenters. The predicted molar refractivity (Wildman–Crippen MR) is 86.8 cm³/mol. The monoisotopic (exact) mass is 337 g/mol. The third kappa shape index (κ3) is 3.37. The van der Waals surface area contributed by atoms with Gasteiger partial charge in [0, 0.05) is 11.3 Å². The number of amides is 1. The largest absolute Gasteiger partial charge is 0.480 e. The van der Waals surface area contributed by atoms with Crippen LogP contribution in [0.25, 0.3) is 0 Å². The number of halogens is 1. The molecule has 0 spiro atoms. The number of hydrogen-bond acceptors (Lipinski definition) is 3. The summed E-state index contributed by atoms with van der Waals surface area (Å²) >= 11 is 1.55. The molecule has 23 heavy (non-hydrogen) atoms. The summed E-state index contributed by atoms with van der Waals surface area (Å²) < 4.78 is 13.4. The molecule has 1 saturated carbocycles. The highest BCUT2D eigenvalue weighted by Crippen LogP contribution is 2.41. The van der Waals surface area contributed by atoms with Gasteiger partial charge in [-0.1, -0.05) is 25.3 Å². The number of carbonyl (C=O) groups excluding carboxylic acids is 1. The Morgan fingerprint density at radius 3 is 2.61 bits per heavy atom. The van der Waals surface area contributed by atoms with Crippen molar-refractivity contribution >= 4 is 23.6 Å². The van der Waals surface area contributed by atoms with Crippen LogP contribution in [0.4, 0.5) is 4.39 Å². The van der Waals surface area contributed by atoms with Crippen LogP contribution in [0.2, 0.25) is 0 Å². The summed E-state index contributed by atoms with van der Waals surface area (Å²) in [6.07, 6.45) is 5.50. The molecule has 124 valence electrons. The minimum absolute atomic E-state index is 0.118. The number of carboxylic acid groups (broad SMARTS) is 1. The van der Waals surface area contributed by atoms with Crippen molar-refractivity contribution in [1.82, 2.24) is 4.90 Å². The van der Waals surface area contributed by atoms with Crippen molar-refractivity contribution in [2.24, 2.45) is 5.92 Å². The average molecular weight is 337 g/mol. The molecule has 1 aromatic rings. The van der Waals surface area contributed by atoms with E-state index in [0.717, 1.165) is 25.7 Å². The van der Waals surface area contributed by atoms with Gasteiger partial charge >= 0.3 is 5.97 Å². The maximum Gasteiger partial charge on any atom is 0.327 e. The van der Waals surface area contributed by atoms with Crippen LogP contribution in [0.3, 0.4) is 0 Å². The van der Waals surface area contributed by atoms with E-state index >= 15 is 0 Å². The van der Waals surface area contributed by atoms with Crippen molar-refractivity contribution in [3.05, 3.63) is 35.6 Å². The zero-order chi connectivity index (χ0) is 16.4. The van der Waals surface area contributed by atoms with Crippen LogP contribution in [0.5, 0.6) is 0 Å². The molecule has 1 aliphatic carbocycles. The third-order valence-corrected chi connectivity index (χ3v) is 6.14. The van der Waals surface area contributed by atoms with E-state index in [0.29, 0.717) is 11.7 Å². The van der Waals surface area contributed by atoms with Gasteiger partial charge in [-0.15, -0.1) is 11.8 Å². The molecule has 3 rings (SSSR count). The number of aliphatic carboxylic acids is 1. The topological polar surface area (TPSA) is 57.6 Å². The lowest BCUT2D eigenvalue weighted by Gasteiger charge is -2.34. The van der Waals surface area contributed by atoms with Gasteiger partial charge in [-0.05, 0) is 37.0 Å². The van der Waals surface area contributed by atoms with Gasteiger partial charge in [-0.3, -0.25) is 4.79 Å². The van der Waals surface area contributed by atoms with Crippen molar-refractivity contribution in [3.63, 3.8) is 0 Å². The first-order valence-corrected chi connectivity index (χ1v) is 9.05. The predicted octanol–water partition coefficient (Wildman–Crippen LogP) is 3.37. The van der Waals surface area contributed by atoms with E-state index in [4.69, 9.17) is 0 Å². The lowest BCUT2D eigenvalue weighted by Crippen LogP contribution is -2.48. The highest BCUT2D eigenvalue weighted by atomic mass is 32.2. The first-order chi connectivity index (χ1) is 11.1. The number of carboxylic acids is 1. The Morgan fingerprint density at radius 2 is 1.96 bits per heavy atom. The fourth-order valence-electron chi connectivity index (χ4n) is 3.53. The number of thioether (sulfide) groups is 1. The number of benzene rings is 1. The zero-order valence-corrected chi connectivity index (χ0v) is 13.6. The highest BCUT2D eigenvalue weighted by Gasteiger charge is 2.45. The van der Waals surface area contributed by atoms with Gasteiger partial charge in [0.15, 0.2) is 0 Å². The molecule has 0 radical (unpaired) electrons. The van der Waals surface area contributed by atoms with Crippen molar-refractivity contribution < 1.29 is 19.1 Å². The lowest BCUT2D eigenvalue weighted by molar-refractivity contribution is -0.141. The SMILES string of the molecule is O=C(O)[C@H]1CS[C@@H](C2CCCCC2)N1C(=O)c1cccc(F)c1. The molecular formula is C17H20FNO3S. The van der Waals surface area contributed by atoms with Crippen LogP contribution < -0.4 is 0 Å². The summed E-state index contributed by atoms with van der Waals surface area (Å²) in [7, 11) is 0. The fourth-order valence-corrected chi connectivity index (χ4v) is 5.16. The summed E-state index contributed by atoms with van der Waals surface area (Å²) in [4.78, 5) is 25.9. The first kappa shape index (κ1) is 16.3. The Morgan fingerprint density at radius 1 is 1.22 bits per heavy atom. The number of rotatable bonds is 3. The average Bonchev–Trinajstić information content (AvgIpc) is 3.00. The summed E-state index contributed by atoms with van der Waals surface area (Å²) in [5.74, 6) is -1.12. The normalized spacial score (nSPS) is 25.5. The van der Waals surface area contributed by atoms with Gasteiger partial charge in [0.2, 0.25) is 0 Å². The van der Waals surface area contributed by atoms with Crippen molar-refractivity contribution in [1.29, 1.82) is 0 Å². The highest BCUT2D eigenvalue weighted by molar-refractivity contribution is 8.00. The zero-order valence-electron chi connectivity index (χ0n) is 12.8. The molecule has 1 N–H and O–H groups in total. The second-order valence-electron chi connectivity index (χ2n) is 6.20. The molecule has 4 nitrogen and oxygen atoms in total. The molecule has 2 fully saturated rings. The molecular weight excluding hydrogens is 317 g/mol. The number of hydrogen-bond donors (Lipinski definition) is 1. The van der Waals surface area contributed by atoms with Crippen LogP contribution in [-0.4, -0.2) is 39.1 Å². The molecule has 1 amide bonds. The van der Waals surface area contributed by atoms with Gasteiger partial charge in [0.05, 0.1) is 5.37 Å². The van der Waals surface area contributed by atoms with E-state index in [2.05, 4.69) is 0 Å². The molecule has 0 unspecified atom stereocenters. The molecule has 0 aromatic heterocycles. The van der Waals surface area contributed by atoms with Crippen molar-refractivity contribution in [2.75, 3.05) is 5.75 Å². The van der Waals surface area contributed by atoms with E-state index in [-0.39, 0.29) is 16.8 Å². The molecule has 1 aliphatic heterocycles. The maximum atomic E-state index is 13.4. The van der Waals surface area contributed by atoms with Crippen molar-refractivity contribution in [3.8, 4) is 0 Å². The van der Waals surface area contributed by atoms with E-state index < -0.39 is 17.8 Å². The maximum absolute atomic E-state index is 13.4. The summed E-state index contributed by atoms with van der Waals surface area (Å²) in [6.45, 7) is 0. The smallest absolute Gasteiger partial charge is 0.327 e. The Bertz CT molecular complexity index is 603. The van der Waals surface area contributed by atoms with Gasteiger partial charge in [-0.2, -0.15) is 0 Å². The minimum atomic E-state index is -0.986. The second kappa shape index (κ2) is 6.91. The summed E-state index contributed by atoms with van der Waals surface area (Å²) in [6, 6.07) is 4.66. The molecule has 0 bridgehead atoms. The van der Waals surface area contributed by atoms with Gasteiger partial charge in [0.25, 0.3) is 5.91 Å². The third-order valence-electron chi connectivity index (χ3n) is 4.68. The van der Waals surface area contributed by atoms with Gasteiger partial charge in [0.1, 0.15) is 11.9 Å². The number of carbonyl (C=O) groups is 2. The quantitative estimate of drug-likeness (QED) is 0.919. The van der Waals surface area contributed by atoms with Crippen LogP contribution >= 0.6 is 11.8 Å². The molecule has 1 aromatic carbocycles. The Labute approximate surface area is 139 Å². The van der Waals surface area contributed by atoms with Crippen LogP contribution in [0, 0.1) is 11.7 Å². The number of nitrogens with zero attached hydrogens (tertiary/aromatic N) is 1. The molecule has 6 heteroatoms. The van der Waals surface area contributed by atoms with Crippen LogP contribution in [0.15, 0.2) is 24.3 Å². The Balaban J connectivity index is 1.88.